The van der Waals surface area contributed by atoms with E-state index in [1.807, 2.05) is 0 Å². The number of alkyl halides is 2. The van der Waals surface area contributed by atoms with Crippen molar-refractivity contribution in [2.75, 3.05) is 13.7 Å². The van der Waals surface area contributed by atoms with Gasteiger partial charge in [0, 0.05) is 0 Å². The molecule has 0 aromatic carbocycles. The largest absolute Gasteiger partial charge is 0.370 e. The standard InChI is InChI=1S/C16H28F2O4S/c1-19-21-22-23-16(17,18)12-20-15(13-8-4-2-5-9-13)14-10-6-3-7-11-14/h13-15H,2-12H2,1H3. The smallest absolute Gasteiger partial charge is 0.343 e. The molecule has 2 aliphatic carbocycles. The fourth-order valence-corrected chi connectivity index (χ4v) is 4.19. The van der Waals surface area contributed by atoms with Gasteiger partial charge in [-0.15, -0.1) is 4.33 Å². The topological polar surface area (TPSA) is 36.9 Å². The average molecular weight is 354 g/mol. The Hall–Kier alpha value is 0.0500. The van der Waals surface area contributed by atoms with Gasteiger partial charge in [-0.05, 0) is 37.5 Å². The second kappa shape index (κ2) is 10.1. The summed E-state index contributed by atoms with van der Waals surface area (Å²) in [6.45, 7) is -0.650. The molecule has 2 rings (SSSR count). The lowest BCUT2D eigenvalue weighted by Crippen LogP contribution is -2.37. The lowest BCUT2D eigenvalue weighted by atomic mass is 9.75. The number of rotatable bonds is 9. The van der Waals surface area contributed by atoms with Crippen LogP contribution < -0.4 is 0 Å². The van der Waals surface area contributed by atoms with Crippen molar-refractivity contribution in [1.29, 1.82) is 0 Å². The number of hydrogen-bond acceptors (Lipinski definition) is 5. The quantitative estimate of drug-likeness (QED) is 0.244. The van der Waals surface area contributed by atoms with Crippen molar-refractivity contribution in [1.82, 2.24) is 0 Å². The highest BCUT2D eigenvalue weighted by atomic mass is 32.2. The van der Waals surface area contributed by atoms with Gasteiger partial charge in [0.2, 0.25) is 0 Å². The van der Waals surface area contributed by atoms with Crippen molar-refractivity contribution in [2.24, 2.45) is 11.8 Å². The minimum atomic E-state index is -3.15. The van der Waals surface area contributed by atoms with Gasteiger partial charge in [-0.25, -0.2) is 4.89 Å². The second-order valence-electron chi connectivity index (χ2n) is 6.60. The zero-order valence-corrected chi connectivity index (χ0v) is 14.6. The first kappa shape index (κ1) is 19.4. The van der Waals surface area contributed by atoms with Gasteiger partial charge >= 0.3 is 5.25 Å². The predicted molar refractivity (Wildman–Crippen MR) is 84.6 cm³/mol. The molecule has 0 spiro atoms. The van der Waals surface area contributed by atoms with E-state index in [-0.39, 0.29) is 18.1 Å². The SMILES string of the molecule is COOOSC(F)(F)COC(C1CCCCC1)C1CCCCC1. The van der Waals surface area contributed by atoms with Crippen LogP contribution in [0.15, 0.2) is 0 Å². The summed E-state index contributed by atoms with van der Waals surface area (Å²) >= 11 is -0.0670. The third kappa shape index (κ3) is 6.82. The maximum Gasteiger partial charge on any atom is 0.343 e. The Morgan fingerprint density at radius 3 is 1.96 bits per heavy atom. The summed E-state index contributed by atoms with van der Waals surface area (Å²) in [4.78, 5) is 4.14. The molecular weight excluding hydrogens is 326 g/mol. The van der Waals surface area contributed by atoms with Gasteiger partial charge in [0.1, 0.15) is 18.6 Å². The van der Waals surface area contributed by atoms with Gasteiger partial charge < -0.3 is 4.74 Å². The van der Waals surface area contributed by atoms with Crippen LogP contribution >= 0.6 is 12.0 Å². The molecule has 0 radical (unpaired) electrons. The van der Waals surface area contributed by atoms with Crippen LogP contribution in [-0.4, -0.2) is 25.1 Å². The van der Waals surface area contributed by atoms with Crippen molar-refractivity contribution in [3.05, 3.63) is 0 Å². The number of halogens is 2. The van der Waals surface area contributed by atoms with Gasteiger partial charge in [0.05, 0.1) is 13.2 Å². The van der Waals surface area contributed by atoms with Crippen LogP contribution in [0, 0.1) is 11.8 Å². The molecule has 23 heavy (non-hydrogen) atoms. The third-order valence-electron chi connectivity index (χ3n) is 4.92. The van der Waals surface area contributed by atoms with E-state index in [4.69, 9.17) is 4.74 Å². The zero-order valence-electron chi connectivity index (χ0n) is 13.8. The molecule has 2 aliphatic rings. The lowest BCUT2D eigenvalue weighted by Gasteiger charge is -2.38. The molecule has 0 aromatic heterocycles. The van der Waals surface area contributed by atoms with E-state index in [0.717, 1.165) is 25.7 Å². The molecule has 0 saturated heterocycles. The van der Waals surface area contributed by atoms with Crippen molar-refractivity contribution >= 4 is 12.0 Å². The molecule has 0 unspecified atom stereocenters. The Kier molecular flexibility index (Phi) is 8.54. The van der Waals surface area contributed by atoms with Crippen molar-refractivity contribution in [3.63, 3.8) is 0 Å². The minimum absolute atomic E-state index is 0.0505. The fourth-order valence-electron chi connectivity index (χ4n) is 3.89. The Morgan fingerprint density at radius 1 is 0.957 bits per heavy atom. The molecule has 2 saturated carbocycles. The van der Waals surface area contributed by atoms with Gasteiger partial charge in [-0.2, -0.15) is 8.78 Å². The maximum atomic E-state index is 13.8. The predicted octanol–water partition coefficient (Wildman–Crippen LogP) is 5.28. The highest BCUT2D eigenvalue weighted by Gasteiger charge is 2.38. The summed E-state index contributed by atoms with van der Waals surface area (Å²) < 4.78 is 37.6. The molecule has 0 aliphatic heterocycles. The van der Waals surface area contributed by atoms with E-state index in [9.17, 15) is 8.78 Å². The molecule has 136 valence electrons. The summed E-state index contributed by atoms with van der Waals surface area (Å²) in [6, 6.07) is 0. The molecule has 0 N–H and O–H groups in total. The number of hydrogen-bond donors (Lipinski definition) is 0. The van der Waals surface area contributed by atoms with Crippen LogP contribution in [0.25, 0.3) is 0 Å². The molecule has 0 heterocycles. The van der Waals surface area contributed by atoms with Gasteiger partial charge in [-0.1, -0.05) is 43.6 Å². The third-order valence-corrected chi connectivity index (χ3v) is 5.41. The van der Waals surface area contributed by atoms with E-state index >= 15 is 0 Å². The highest BCUT2D eigenvalue weighted by molar-refractivity contribution is 7.95. The monoisotopic (exact) mass is 354 g/mol. The van der Waals surface area contributed by atoms with E-state index < -0.39 is 11.9 Å². The Balaban J connectivity index is 1.88. The van der Waals surface area contributed by atoms with E-state index in [0.29, 0.717) is 11.8 Å². The van der Waals surface area contributed by atoms with E-state index in [1.165, 1.54) is 45.6 Å². The first-order chi connectivity index (χ1) is 11.1. The fraction of sp³-hybridized carbons (Fsp3) is 1.00. The van der Waals surface area contributed by atoms with Crippen molar-refractivity contribution in [2.45, 2.75) is 75.6 Å². The molecule has 2 fully saturated rings. The maximum absolute atomic E-state index is 13.8. The molecule has 0 bridgehead atoms. The lowest BCUT2D eigenvalue weighted by molar-refractivity contribution is -0.448. The molecule has 4 nitrogen and oxygen atoms in total. The first-order valence-corrected chi connectivity index (χ1v) is 9.41. The molecule has 7 heteroatoms. The van der Waals surface area contributed by atoms with Crippen LogP contribution in [-0.2, 0) is 19.0 Å². The first-order valence-electron chi connectivity index (χ1n) is 8.67. The Bertz CT molecular complexity index is 303. The molecule has 0 aromatic rings. The zero-order chi connectivity index (χ0) is 16.5. The summed E-state index contributed by atoms with van der Waals surface area (Å²) in [5, 5.41) is 0.884. The Morgan fingerprint density at radius 2 is 1.48 bits per heavy atom. The van der Waals surface area contributed by atoms with Gasteiger partial charge in [-0.3, -0.25) is 0 Å². The van der Waals surface area contributed by atoms with Gasteiger partial charge in [0.15, 0.2) is 0 Å². The molecule has 0 atom stereocenters. The minimum Gasteiger partial charge on any atom is -0.370 e. The summed E-state index contributed by atoms with van der Waals surface area (Å²) in [5.74, 6) is 0.840. The number of ether oxygens (including phenoxy) is 1. The van der Waals surface area contributed by atoms with Gasteiger partial charge in [0.25, 0.3) is 0 Å². The van der Waals surface area contributed by atoms with Crippen LogP contribution in [0.3, 0.4) is 0 Å². The summed E-state index contributed by atoms with van der Waals surface area (Å²) in [6.07, 6.45) is 11.6. The summed E-state index contributed by atoms with van der Waals surface area (Å²) in [7, 11) is 1.19. The van der Waals surface area contributed by atoms with Crippen LogP contribution in [0.2, 0.25) is 0 Å². The van der Waals surface area contributed by atoms with Crippen molar-refractivity contribution < 1.29 is 27.8 Å². The van der Waals surface area contributed by atoms with E-state index in [2.05, 4.69) is 14.3 Å². The average Bonchev–Trinajstić information content (AvgIpc) is 2.57. The van der Waals surface area contributed by atoms with Crippen LogP contribution in [0.5, 0.6) is 0 Å². The second-order valence-corrected chi connectivity index (χ2v) is 7.50. The normalized spacial score (nSPS) is 21.9. The Labute approximate surface area is 141 Å². The molecule has 0 amide bonds. The van der Waals surface area contributed by atoms with Crippen molar-refractivity contribution in [3.8, 4) is 0 Å². The van der Waals surface area contributed by atoms with E-state index in [1.54, 1.807) is 0 Å². The van der Waals surface area contributed by atoms with Crippen LogP contribution in [0.1, 0.15) is 64.2 Å². The molecular formula is C16H28F2O4S. The summed E-state index contributed by atoms with van der Waals surface area (Å²) in [5.41, 5.74) is 0. The van der Waals surface area contributed by atoms with Crippen LogP contribution in [0.4, 0.5) is 8.78 Å². The highest BCUT2D eigenvalue weighted by Crippen LogP contribution is 2.39.